The summed E-state index contributed by atoms with van der Waals surface area (Å²) in [6, 6.07) is 7.89. The molecule has 0 saturated carbocycles. The number of aromatic nitrogens is 2. The molecular weight excluding hydrogens is 412 g/mol. The topological polar surface area (TPSA) is 63.3 Å². The molecule has 0 saturated heterocycles. The first-order valence-corrected chi connectivity index (χ1v) is 12.4. The van der Waals surface area contributed by atoms with E-state index in [1.54, 1.807) is 12.5 Å². The second-order valence-electron chi connectivity index (χ2n) is 9.79. The highest BCUT2D eigenvalue weighted by atomic mass is 16.3. The van der Waals surface area contributed by atoms with Crippen molar-refractivity contribution < 1.29 is 9.21 Å². The van der Waals surface area contributed by atoms with Crippen molar-refractivity contribution in [3.05, 3.63) is 47.9 Å². The lowest BCUT2D eigenvalue weighted by atomic mass is 10.1. The van der Waals surface area contributed by atoms with Crippen LogP contribution in [-0.4, -0.2) is 33.4 Å². The second kappa shape index (κ2) is 11.9. The van der Waals surface area contributed by atoms with Crippen LogP contribution in [-0.2, 0) is 13.1 Å². The molecule has 3 rings (SSSR count). The summed E-state index contributed by atoms with van der Waals surface area (Å²) in [7, 11) is 0. The summed E-state index contributed by atoms with van der Waals surface area (Å²) in [5, 5.41) is 3.45. The molecule has 0 aliphatic carbocycles. The normalized spacial score (nSPS) is 11.6. The molecule has 0 atom stereocenters. The zero-order valence-corrected chi connectivity index (χ0v) is 20.9. The van der Waals surface area contributed by atoms with E-state index in [0.29, 0.717) is 18.4 Å². The van der Waals surface area contributed by atoms with Gasteiger partial charge in [-0.05, 0) is 55.4 Å². The van der Waals surface area contributed by atoms with Crippen molar-refractivity contribution in [2.45, 2.75) is 73.4 Å². The monoisotopic (exact) mass is 452 g/mol. The number of imidazole rings is 1. The molecule has 6 nitrogen and oxygen atoms in total. The Bertz CT molecular complexity index is 993. The van der Waals surface area contributed by atoms with Crippen molar-refractivity contribution in [2.75, 3.05) is 18.4 Å². The zero-order chi connectivity index (χ0) is 23.8. The summed E-state index contributed by atoms with van der Waals surface area (Å²) in [5.74, 6) is 2.09. The molecule has 33 heavy (non-hydrogen) atoms. The van der Waals surface area contributed by atoms with E-state index in [4.69, 9.17) is 9.40 Å². The van der Waals surface area contributed by atoms with E-state index in [0.717, 1.165) is 73.4 Å². The first kappa shape index (κ1) is 24.9. The number of aryl methyl sites for hydroxylation is 1. The third kappa shape index (κ3) is 6.86. The number of furan rings is 1. The van der Waals surface area contributed by atoms with Crippen LogP contribution in [0.5, 0.6) is 0 Å². The van der Waals surface area contributed by atoms with Crippen LogP contribution >= 0.6 is 0 Å². The summed E-state index contributed by atoms with van der Waals surface area (Å²) in [6.07, 6.45) is 7.60. The molecule has 2 heterocycles. The van der Waals surface area contributed by atoms with Gasteiger partial charge >= 0.3 is 0 Å². The maximum absolute atomic E-state index is 13.5. The Morgan fingerprint density at radius 2 is 1.85 bits per heavy atom. The largest absolute Gasteiger partial charge is 0.472 e. The summed E-state index contributed by atoms with van der Waals surface area (Å²) in [6.45, 7) is 14.1. The average molecular weight is 453 g/mol. The highest BCUT2D eigenvalue weighted by molar-refractivity contribution is 5.97. The van der Waals surface area contributed by atoms with Crippen molar-refractivity contribution in [1.29, 1.82) is 0 Å². The third-order valence-electron chi connectivity index (χ3n) is 6.00. The number of fused-ring (bicyclic) bond motifs is 1. The van der Waals surface area contributed by atoms with Crippen molar-refractivity contribution in [3.63, 3.8) is 0 Å². The van der Waals surface area contributed by atoms with Gasteiger partial charge in [0.2, 0.25) is 5.95 Å². The minimum absolute atomic E-state index is 0.120. The number of carbonyl (C=O) groups is 1. The lowest BCUT2D eigenvalue weighted by Crippen LogP contribution is -2.34. The standard InChI is InChI=1S/C27H40N4O2/c1-6-7-13-31-25-17-23(26(32)30(14-10-20(2)3)15-11-21(4)5)8-9-24(25)29-27(31)28-18-22-12-16-33-19-22/h8-9,12,16-17,19-21H,6-7,10-11,13-15,18H2,1-5H3,(H,28,29). The van der Waals surface area contributed by atoms with E-state index in [-0.39, 0.29) is 5.91 Å². The molecule has 1 N–H and O–H groups in total. The van der Waals surface area contributed by atoms with Gasteiger partial charge in [0, 0.05) is 37.3 Å². The summed E-state index contributed by atoms with van der Waals surface area (Å²) >= 11 is 0. The summed E-state index contributed by atoms with van der Waals surface area (Å²) in [5.41, 5.74) is 3.74. The molecule has 2 aromatic heterocycles. The van der Waals surface area contributed by atoms with Crippen LogP contribution in [0.2, 0.25) is 0 Å². The van der Waals surface area contributed by atoms with Crippen LogP contribution < -0.4 is 5.32 Å². The molecule has 0 unspecified atom stereocenters. The van der Waals surface area contributed by atoms with E-state index in [9.17, 15) is 4.79 Å². The number of hydrogen-bond acceptors (Lipinski definition) is 4. The molecule has 0 aliphatic rings. The Morgan fingerprint density at radius 3 is 2.45 bits per heavy atom. The highest BCUT2D eigenvalue weighted by Gasteiger charge is 2.19. The highest BCUT2D eigenvalue weighted by Crippen LogP contribution is 2.24. The SMILES string of the molecule is CCCCn1c(NCc2ccoc2)nc2ccc(C(=O)N(CCC(C)C)CCC(C)C)cc21. The zero-order valence-electron chi connectivity index (χ0n) is 20.9. The summed E-state index contributed by atoms with van der Waals surface area (Å²) < 4.78 is 7.39. The number of hydrogen-bond donors (Lipinski definition) is 1. The van der Waals surface area contributed by atoms with Gasteiger partial charge in [-0.2, -0.15) is 0 Å². The minimum Gasteiger partial charge on any atom is -0.472 e. The van der Waals surface area contributed by atoms with Gasteiger partial charge in [0.05, 0.1) is 23.6 Å². The van der Waals surface area contributed by atoms with Crippen LogP contribution in [0.3, 0.4) is 0 Å². The lowest BCUT2D eigenvalue weighted by Gasteiger charge is -2.24. The van der Waals surface area contributed by atoms with Gasteiger partial charge in [-0.1, -0.05) is 41.0 Å². The van der Waals surface area contributed by atoms with Gasteiger partial charge in [-0.25, -0.2) is 4.98 Å². The molecule has 3 aromatic rings. The van der Waals surface area contributed by atoms with Gasteiger partial charge < -0.3 is 19.2 Å². The van der Waals surface area contributed by atoms with E-state index in [1.807, 2.05) is 29.2 Å². The Labute approximate surface area is 198 Å². The van der Waals surface area contributed by atoms with E-state index >= 15 is 0 Å². The fourth-order valence-corrected chi connectivity index (χ4v) is 3.83. The molecule has 180 valence electrons. The number of benzene rings is 1. The molecule has 6 heteroatoms. The number of amides is 1. The number of carbonyl (C=O) groups excluding carboxylic acids is 1. The third-order valence-corrected chi connectivity index (χ3v) is 6.00. The Morgan fingerprint density at radius 1 is 1.12 bits per heavy atom. The molecule has 1 aromatic carbocycles. The van der Waals surface area contributed by atoms with Crippen molar-refractivity contribution in [3.8, 4) is 0 Å². The van der Waals surface area contributed by atoms with Crippen molar-refractivity contribution in [1.82, 2.24) is 14.5 Å². The Balaban J connectivity index is 1.87. The number of unbranched alkanes of at least 4 members (excludes halogenated alkanes) is 1. The fourth-order valence-electron chi connectivity index (χ4n) is 3.83. The number of anilines is 1. The van der Waals surface area contributed by atoms with Crippen LogP contribution in [0.25, 0.3) is 11.0 Å². The molecule has 1 amide bonds. The van der Waals surface area contributed by atoms with Crippen molar-refractivity contribution in [2.24, 2.45) is 11.8 Å². The number of nitrogens with zero attached hydrogens (tertiary/aromatic N) is 3. The number of rotatable bonds is 13. The summed E-state index contributed by atoms with van der Waals surface area (Å²) in [4.78, 5) is 20.4. The predicted molar refractivity (Wildman–Crippen MR) is 135 cm³/mol. The molecule has 0 aliphatic heterocycles. The van der Waals surface area contributed by atoms with Gasteiger partial charge in [-0.3, -0.25) is 4.79 Å². The van der Waals surface area contributed by atoms with Gasteiger partial charge in [-0.15, -0.1) is 0 Å². The van der Waals surface area contributed by atoms with Crippen LogP contribution in [0.15, 0.2) is 41.2 Å². The molecule has 0 bridgehead atoms. The first-order chi connectivity index (χ1) is 15.9. The first-order valence-electron chi connectivity index (χ1n) is 12.4. The molecule has 0 fully saturated rings. The van der Waals surface area contributed by atoms with E-state index < -0.39 is 0 Å². The average Bonchev–Trinajstić information content (AvgIpc) is 3.42. The smallest absolute Gasteiger partial charge is 0.253 e. The van der Waals surface area contributed by atoms with Crippen LogP contribution in [0.1, 0.15) is 76.2 Å². The van der Waals surface area contributed by atoms with Gasteiger partial charge in [0.15, 0.2) is 0 Å². The second-order valence-corrected chi connectivity index (χ2v) is 9.79. The maximum atomic E-state index is 13.5. The Kier molecular flexibility index (Phi) is 8.98. The fraction of sp³-hybridized carbons (Fsp3) is 0.556. The van der Waals surface area contributed by atoms with Crippen molar-refractivity contribution >= 4 is 22.9 Å². The van der Waals surface area contributed by atoms with E-state index in [2.05, 4.69) is 44.5 Å². The van der Waals surface area contributed by atoms with Gasteiger partial charge in [0.25, 0.3) is 5.91 Å². The molecule has 0 radical (unpaired) electrons. The quantitative estimate of drug-likeness (QED) is 0.318. The maximum Gasteiger partial charge on any atom is 0.253 e. The van der Waals surface area contributed by atoms with Gasteiger partial charge in [0.1, 0.15) is 0 Å². The Hall–Kier alpha value is -2.76. The van der Waals surface area contributed by atoms with Crippen LogP contribution in [0.4, 0.5) is 5.95 Å². The number of nitrogens with one attached hydrogen (secondary N) is 1. The molecular formula is C27H40N4O2. The minimum atomic E-state index is 0.120. The van der Waals surface area contributed by atoms with Crippen LogP contribution in [0, 0.1) is 11.8 Å². The predicted octanol–water partition coefficient (Wildman–Crippen LogP) is 6.58. The van der Waals surface area contributed by atoms with E-state index in [1.165, 1.54) is 0 Å². The molecule has 0 spiro atoms. The lowest BCUT2D eigenvalue weighted by molar-refractivity contribution is 0.0741.